The second-order valence-corrected chi connectivity index (χ2v) is 3.42. The molecular weight excluding hydrogens is 178 g/mol. The lowest BCUT2D eigenvalue weighted by Gasteiger charge is -2.25. The predicted octanol–water partition coefficient (Wildman–Crippen LogP) is 2.36. The molecule has 0 aromatic carbocycles. The Labute approximate surface area is 74.1 Å². The molecule has 2 rings (SSSR count). The molecule has 1 heterocycles. The number of aromatic nitrogens is 2. The minimum atomic E-state index is -2.49. The highest BCUT2D eigenvalue weighted by molar-refractivity contribution is 4.96. The smallest absolute Gasteiger partial charge is 0.248 e. The molecular formula is C8H10F2N2O. The van der Waals surface area contributed by atoms with Crippen LogP contribution in [0, 0.1) is 0 Å². The van der Waals surface area contributed by atoms with Crippen LogP contribution in [0.1, 0.15) is 37.4 Å². The Morgan fingerprint density at radius 3 is 2.62 bits per heavy atom. The first-order chi connectivity index (χ1) is 6.17. The zero-order valence-corrected chi connectivity index (χ0v) is 7.04. The van der Waals surface area contributed by atoms with Crippen molar-refractivity contribution in [1.82, 2.24) is 10.1 Å². The summed E-state index contributed by atoms with van der Waals surface area (Å²) in [7, 11) is 0. The van der Waals surface area contributed by atoms with Gasteiger partial charge in [-0.15, -0.1) is 0 Å². The summed E-state index contributed by atoms with van der Waals surface area (Å²) in [5.74, 6) is -1.87. The van der Waals surface area contributed by atoms with E-state index in [1.54, 1.807) is 0 Å². The van der Waals surface area contributed by atoms with Crippen molar-refractivity contribution in [3.05, 3.63) is 12.2 Å². The normalized spacial score (nSPS) is 23.2. The van der Waals surface area contributed by atoms with Crippen molar-refractivity contribution < 1.29 is 13.3 Å². The summed E-state index contributed by atoms with van der Waals surface area (Å²) >= 11 is 0. The van der Waals surface area contributed by atoms with Crippen LogP contribution in [0.4, 0.5) is 8.78 Å². The molecule has 0 N–H and O–H groups in total. The molecule has 13 heavy (non-hydrogen) atoms. The highest BCUT2D eigenvalue weighted by atomic mass is 19.3. The first-order valence-electron chi connectivity index (χ1n) is 4.31. The van der Waals surface area contributed by atoms with Gasteiger partial charge < -0.3 is 4.52 Å². The molecule has 1 aromatic heterocycles. The van der Waals surface area contributed by atoms with E-state index >= 15 is 0 Å². The molecule has 0 amide bonds. The molecule has 0 bridgehead atoms. The number of hydrogen-bond donors (Lipinski definition) is 0. The second-order valence-electron chi connectivity index (χ2n) is 3.42. The van der Waals surface area contributed by atoms with Crippen LogP contribution in [0.3, 0.4) is 0 Å². The number of halogens is 2. The average molecular weight is 188 g/mol. The number of rotatable bonds is 1. The van der Waals surface area contributed by atoms with E-state index in [4.69, 9.17) is 0 Å². The van der Waals surface area contributed by atoms with Gasteiger partial charge in [-0.05, 0) is 12.8 Å². The predicted molar refractivity (Wildman–Crippen MR) is 40.5 cm³/mol. The van der Waals surface area contributed by atoms with E-state index in [0.717, 1.165) is 0 Å². The molecule has 5 heteroatoms. The van der Waals surface area contributed by atoms with Crippen LogP contribution < -0.4 is 0 Å². The maximum atomic E-state index is 12.8. The van der Waals surface area contributed by atoms with Crippen LogP contribution in [-0.4, -0.2) is 16.1 Å². The molecule has 1 aromatic rings. The lowest BCUT2D eigenvalue weighted by atomic mass is 9.86. The molecule has 1 saturated carbocycles. The molecule has 0 aliphatic heterocycles. The largest absolute Gasteiger partial charge is 0.343 e. The third kappa shape index (κ3) is 1.84. The van der Waals surface area contributed by atoms with E-state index in [0.29, 0.717) is 18.7 Å². The fourth-order valence-corrected chi connectivity index (χ4v) is 1.66. The summed E-state index contributed by atoms with van der Waals surface area (Å²) in [6, 6.07) is 0. The van der Waals surface area contributed by atoms with Crippen molar-refractivity contribution in [2.75, 3.05) is 0 Å². The van der Waals surface area contributed by atoms with Crippen molar-refractivity contribution in [2.24, 2.45) is 0 Å². The first kappa shape index (κ1) is 8.59. The Morgan fingerprint density at radius 1 is 1.38 bits per heavy atom. The molecule has 1 aliphatic carbocycles. The van der Waals surface area contributed by atoms with Crippen molar-refractivity contribution in [2.45, 2.75) is 37.5 Å². The van der Waals surface area contributed by atoms with Gasteiger partial charge in [0.05, 0.1) is 0 Å². The van der Waals surface area contributed by atoms with E-state index in [2.05, 4.69) is 14.7 Å². The molecule has 0 saturated heterocycles. The fraction of sp³-hybridized carbons (Fsp3) is 0.750. The lowest BCUT2D eigenvalue weighted by molar-refractivity contribution is -0.0389. The second kappa shape index (κ2) is 3.05. The Balaban J connectivity index is 1.99. The summed E-state index contributed by atoms with van der Waals surface area (Å²) < 4.78 is 30.1. The molecule has 72 valence electrons. The van der Waals surface area contributed by atoms with Crippen molar-refractivity contribution in [3.8, 4) is 0 Å². The van der Waals surface area contributed by atoms with Gasteiger partial charge in [0.2, 0.25) is 12.3 Å². The highest BCUT2D eigenvalue weighted by Gasteiger charge is 2.36. The SMILES string of the molecule is FC1(F)CCC(c2ncon2)CC1. The summed E-state index contributed by atoms with van der Waals surface area (Å²) in [5, 5.41) is 3.66. The first-order valence-corrected chi connectivity index (χ1v) is 4.31. The van der Waals surface area contributed by atoms with Gasteiger partial charge in [-0.25, -0.2) is 8.78 Å². The molecule has 0 unspecified atom stereocenters. The van der Waals surface area contributed by atoms with Gasteiger partial charge in [0.1, 0.15) is 0 Å². The number of nitrogens with zero attached hydrogens (tertiary/aromatic N) is 2. The number of alkyl halides is 2. The summed E-state index contributed by atoms with van der Waals surface area (Å²) in [6.45, 7) is 0. The van der Waals surface area contributed by atoms with Gasteiger partial charge >= 0.3 is 0 Å². The van der Waals surface area contributed by atoms with E-state index in [9.17, 15) is 8.78 Å². The summed E-state index contributed by atoms with van der Waals surface area (Å²) in [4.78, 5) is 3.86. The van der Waals surface area contributed by atoms with Crippen LogP contribution >= 0.6 is 0 Å². The molecule has 0 atom stereocenters. The zero-order chi connectivity index (χ0) is 9.31. The highest BCUT2D eigenvalue weighted by Crippen LogP contribution is 2.39. The number of hydrogen-bond acceptors (Lipinski definition) is 3. The molecule has 0 radical (unpaired) electrons. The third-order valence-corrected chi connectivity index (χ3v) is 2.46. The Kier molecular flexibility index (Phi) is 2.01. The molecule has 1 aliphatic rings. The van der Waals surface area contributed by atoms with Gasteiger partial charge in [0.15, 0.2) is 5.82 Å². The third-order valence-electron chi connectivity index (χ3n) is 2.46. The van der Waals surface area contributed by atoms with E-state index in [1.165, 1.54) is 6.39 Å². The maximum absolute atomic E-state index is 12.8. The van der Waals surface area contributed by atoms with Gasteiger partial charge in [-0.2, -0.15) is 4.98 Å². The van der Waals surface area contributed by atoms with Gasteiger partial charge in [0.25, 0.3) is 0 Å². The topological polar surface area (TPSA) is 38.9 Å². The van der Waals surface area contributed by atoms with E-state index in [1.807, 2.05) is 0 Å². The molecule has 1 fully saturated rings. The van der Waals surface area contributed by atoms with Gasteiger partial charge in [-0.1, -0.05) is 5.16 Å². The van der Waals surface area contributed by atoms with Gasteiger partial charge in [-0.3, -0.25) is 0 Å². The quantitative estimate of drug-likeness (QED) is 0.679. The monoisotopic (exact) mass is 188 g/mol. The Bertz CT molecular complexity index is 264. The van der Waals surface area contributed by atoms with Crippen molar-refractivity contribution >= 4 is 0 Å². The van der Waals surface area contributed by atoms with Crippen LogP contribution in [-0.2, 0) is 0 Å². The summed E-state index contributed by atoms with van der Waals surface area (Å²) in [5.41, 5.74) is 0. The average Bonchev–Trinajstić information content (AvgIpc) is 2.56. The molecule has 0 spiro atoms. The van der Waals surface area contributed by atoms with Crippen LogP contribution in [0.15, 0.2) is 10.9 Å². The fourth-order valence-electron chi connectivity index (χ4n) is 1.66. The minimum Gasteiger partial charge on any atom is -0.343 e. The van der Waals surface area contributed by atoms with Crippen LogP contribution in [0.25, 0.3) is 0 Å². The molecule has 3 nitrogen and oxygen atoms in total. The summed E-state index contributed by atoms with van der Waals surface area (Å²) in [6.07, 6.45) is 2.01. The maximum Gasteiger partial charge on any atom is 0.248 e. The van der Waals surface area contributed by atoms with Crippen LogP contribution in [0.2, 0.25) is 0 Å². The minimum absolute atomic E-state index is 0.0541. The van der Waals surface area contributed by atoms with E-state index < -0.39 is 5.92 Å². The Morgan fingerprint density at radius 2 is 2.08 bits per heavy atom. The lowest BCUT2D eigenvalue weighted by Crippen LogP contribution is -2.24. The van der Waals surface area contributed by atoms with Crippen LogP contribution in [0.5, 0.6) is 0 Å². The zero-order valence-electron chi connectivity index (χ0n) is 7.04. The van der Waals surface area contributed by atoms with Gasteiger partial charge in [0, 0.05) is 18.8 Å². The Hall–Kier alpha value is -1.00. The van der Waals surface area contributed by atoms with Crippen molar-refractivity contribution in [3.63, 3.8) is 0 Å². The van der Waals surface area contributed by atoms with E-state index in [-0.39, 0.29) is 18.8 Å². The van der Waals surface area contributed by atoms with Crippen molar-refractivity contribution in [1.29, 1.82) is 0 Å². The standard InChI is InChI=1S/C8H10F2N2O/c9-8(10)3-1-6(2-4-8)7-11-5-13-12-7/h5-6H,1-4H2.